The number of carboxylic acid groups (broad SMARTS) is 1. The van der Waals surface area contributed by atoms with Gasteiger partial charge in [-0.25, -0.2) is 0 Å². The summed E-state index contributed by atoms with van der Waals surface area (Å²) in [5, 5.41) is 11.4. The number of hydrogen-bond donors (Lipinski definition) is 2. The molecular formula is C23H24F3N3O4S. The van der Waals surface area contributed by atoms with E-state index in [0.29, 0.717) is 37.4 Å². The van der Waals surface area contributed by atoms with E-state index in [9.17, 15) is 27.6 Å². The summed E-state index contributed by atoms with van der Waals surface area (Å²) in [6.45, 7) is 1.48. The number of carbonyl (C=O) groups is 3. The predicted molar refractivity (Wildman–Crippen MR) is 121 cm³/mol. The SMILES string of the molecule is O=C(O)CCC(=O)NC(C(=O)N1CCN(c2cccc(SC(F)(F)F)c2)CC1)c1ccccc1. The van der Waals surface area contributed by atoms with Gasteiger partial charge in [-0.05, 0) is 35.5 Å². The van der Waals surface area contributed by atoms with E-state index in [0.717, 1.165) is 0 Å². The number of nitrogens with zero attached hydrogens (tertiary/aromatic N) is 2. The molecule has 0 radical (unpaired) electrons. The lowest BCUT2D eigenvalue weighted by molar-refractivity contribution is -0.139. The van der Waals surface area contributed by atoms with Crippen LogP contribution in [-0.4, -0.2) is 59.5 Å². The zero-order valence-electron chi connectivity index (χ0n) is 18.1. The standard InChI is InChI=1S/C23H24F3N3O4S/c24-23(25,26)34-18-8-4-7-17(15-18)28-11-13-29(14-12-28)22(33)21(16-5-2-1-3-6-16)27-19(30)9-10-20(31)32/h1-8,15,21H,9-14H2,(H,27,30)(H,31,32). The molecule has 182 valence electrons. The topological polar surface area (TPSA) is 89.9 Å². The molecule has 0 bridgehead atoms. The normalized spacial score (nSPS) is 15.0. The summed E-state index contributed by atoms with van der Waals surface area (Å²) in [5.74, 6) is -1.97. The number of benzene rings is 2. The molecule has 0 spiro atoms. The van der Waals surface area contributed by atoms with Crippen molar-refractivity contribution in [3.63, 3.8) is 0 Å². The third kappa shape index (κ3) is 7.41. The van der Waals surface area contributed by atoms with E-state index in [4.69, 9.17) is 5.11 Å². The predicted octanol–water partition coefficient (Wildman–Crippen LogP) is 3.67. The Morgan fingerprint density at radius 3 is 2.26 bits per heavy atom. The van der Waals surface area contributed by atoms with Crippen molar-refractivity contribution in [2.75, 3.05) is 31.1 Å². The first-order valence-corrected chi connectivity index (χ1v) is 11.4. The van der Waals surface area contributed by atoms with Gasteiger partial charge in [-0.3, -0.25) is 14.4 Å². The first-order valence-electron chi connectivity index (χ1n) is 10.6. The van der Waals surface area contributed by atoms with E-state index >= 15 is 0 Å². The van der Waals surface area contributed by atoms with Gasteiger partial charge in [0.2, 0.25) is 11.8 Å². The fraction of sp³-hybridized carbons (Fsp3) is 0.348. The van der Waals surface area contributed by atoms with Crippen LogP contribution >= 0.6 is 11.8 Å². The molecule has 1 saturated heterocycles. The number of carbonyl (C=O) groups excluding carboxylic acids is 2. The van der Waals surface area contributed by atoms with Crippen molar-refractivity contribution < 1.29 is 32.7 Å². The summed E-state index contributed by atoms with van der Waals surface area (Å²) in [5.41, 5.74) is -3.15. The highest BCUT2D eigenvalue weighted by Crippen LogP contribution is 2.38. The van der Waals surface area contributed by atoms with Crippen molar-refractivity contribution in [3.8, 4) is 0 Å². The molecule has 2 amide bonds. The van der Waals surface area contributed by atoms with Gasteiger partial charge in [0.25, 0.3) is 0 Å². The average molecular weight is 496 g/mol. The van der Waals surface area contributed by atoms with Crippen LogP contribution in [0.25, 0.3) is 0 Å². The summed E-state index contributed by atoms with van der Waals surface area (Å²) in [6.07, 6.45) is -0.585. The van der Waals surface area contributed by atoms with Crippen LogP contribution in [0.2, 0.25) is 0 Å². The highest BCUT2D eigenvalue weighted by atomic mass is 32.2. The summed E-state index contributed by atoms with van der Waals surface area (Å²) in [4.78, 5) is 39.9. The third-order valence-corrected chi connectivity index (χ3v) is 5.98. The Bertz CT molecular complexity index is 1010. The van der Waals surface area contributed by atoms with Crippen molar-refractivity contribution in [2.45, 2.75) is 29.3 Å². The van der Waals surface area contributed by atoms with Gasteiger partial charge in [0, 0.05) is 43.2 Å². The molecule has 1 atom stereocenters. The zero-order valence-corrected chi connectivity index (χ0v) is 18.9. The minimum atomic E-state index is -4.37. The first-order chi connectivity index (χ1) is 16.1. The average Bonchev–Trinajstić information content (AvgIpc) is 2.80. The number of piperazine rings is 1. The minimum absolute atomic E-state index is 0.0942. The lowest BCUT2D eigenvalue weighted by atomic mass is 10.0. The van der Waals surface area contributed by atoms with Gasteiger partial charge < -0.3 is 20.2 Å². The van der Waals surface area contributed by atoms with Crippen LogP contribution in [0.4, 0.5) is 18.9 Å². The van der Waals surface area contributed by atoms with E-state index in [1.54, 1.807) is 47.4 Å². The Morgan fingerprint density at radius 2 is 1.65 bits per heavy atom. The molecule has 34 heavy (non-hydrogen) atoms. The van der Waals surface area contributed by atoms with Crippen LogP contribution in [0.5, 0.6) is 0 Å². The molecule has 2 N–H and O–H groups in total. The Balaban J connectivity index is 1.66. The summed E-state index contributed by atoms with van der Waals surface area (Å²) < 4.78 is 38.1. The molecule has 1 heterocycles. The van der Waals surface area contributed by atoms with Crippen LogP contribution in [-0.2, 0) is 14.4 Å². The van der Waals surface area contributed by atoms with Crippen molar-refractivity contribution in [3.05, 3.63) is 60.2 Å². The molecule has 2 aromatic rings. The molecule has 2 aromatic carbocycles. The van der Waals surface area contributed by atoms with E-state index in [1.165, 1.54) is 12.1 Å². The number of halogens is 3. The molecule has 0 aromatic heterocycles. The van der Waals surface area contributed by atoms with Crippen LogP contribution in [0.1, 0.15) is 24.4 Å². The number of thioether (sulfide) groups is 1. The zero-order chi connectivity index (χ0) is 24.7. The maximum atomic E-state index is 13.3. The van der Waals surface area contributed by atoms with Crippen LogP contribution < -0.4 is 10.2 Å². The summed E-state index contributed by atoms with van der Waals surface area (Å²) in [6, 6.07) is 13.9. The molecule has 1 unspecified atom stereocenters. The monoisotopic (exact) mass is 495 g/mol. The quantitative estimate of drug-likeness (QED) is 0.544. The van der Waals surface area contributed by atoms with Crippen LogP contribution in [0.15, 0.2) is 59.5 Å². The molecule has 11 heteroatoms. The molecule has 1 fully saturated rings. The van der Waals surface area contributed by atoms with E-state index in [-0.39, 0.29) is 35.4 Å². The molecule has 3 rings (SSSR count). The van der Waals surface area contributed by atoms with E-state index < -0.39 is 23.4 Å². The molecule has 1 aliphatic rings. The number of anilines is 1. The van der Waals surface area contributed by atoms with E-state index in [1.807, 2.05) is 4.90 Å². The highest BCUT2D eigenvalue weighted by molar-refractivity contribution is 8.00. The smallest absolute Gasteiger partial charge is 0.446 e. The van der Waals surface area contributed by atoms with Gasteiger partial charge >= 0.3 is 11.5 Å². The molecule has 1 aliphatic heterocycles. The van der Waals surface area contributed by atoms with Gasteiger partial charge in [0.1, 0.15) is 6.04 Å². The Kier molecular flexibility index (Phi) is 8.43. The second-order valence-electron chi connectivity index (χ2n) is 7.66. The first kappa shape index (κ1) is 25.4. The van der Waals surface area contributed by atoms with Gasteiger partial charge in [-0.1, -0.05) is 36.4 Å². The van der Waals surface area contributed by atoms with Crippen molar-refractivity contribution in [1.29, 1.82) is 0 Å². The Hall–Kier alpha value is -3.21. The van der Waals surface area contributed by atoms with Gasteiger partial charge in [0.15, 0.2) is 0 Å². The van der Waals surface area contributed by atoms with Crippen molar-refractivity contribution in [1.82, 2.24) is 10.2 Å². The van der Waals surface area contributed by atoms with Crippen LogP contribution in [0.3, 0.4) is 0 Å². The number of amides is 2. The Morgan fingerprint density at radius 1 is 0.971 bits per heavy atom. The number of alkyl halides is 3. The largest absolute Gasteiger partial charge is 0.481 e. The lowest BCUT2D eigenvalue weighted by Crippen LogP contribution is -2.52. The van der Waals surface area contributed by atoms with Gasteiger partial charge in [-0.2, -0.15) is 13.2 Å². The second-order valence-corrected chi connectivity index (χ2v) is 8.80. The molecule has 7 nitrogen and oxygen atoms in total. The number of nitrogens with one attached hydrogen (secondary N) is 1. The molecular weight excluding hydrogens is 471 g/mol. The fourth-order valence-corrected chi connectivity index (χ4v) is 4.23. The summed E-state index contributed by atoms with van der Waals surface area (Å²) >= 11 is -0.171. The second kappa shape index (κ2) is 11.3. The molecule has 0 saturated carbocycles. The highest BCUT2D eigenvalue weighted by Gasteiger charge is 2.31. The van der Waals surface area contributed by atoms with E-state index in [2.05, 4.69) is 5.32 Å². The Labute approximate surface area is 198 Å². The van der Waals surface area contributed by atoms with Crippen molar-refractivity contribution >= 4 is 35.2 Å². The summed E-state index contributed by atoms with van der Waals surface area (Å²) in [7, 11) is 0. The number of carboxylic acids is 1. The lowest BCUT2D eigenvalue weighted by Gasteiger charge is -2.38. The van der Waals surface area contributed by atoms with Gasteiger partial charge in [-0.15, -0.1) is 0 Å². The minimum Gasteiger partial charge on any atom is -0.481 e. The maximum Gasteiger partial charge on any atom is 0.446 e. The number of hydrogen-bond acceptors (Lipinski definition) is 5. The third-order valence-electron chi connectivity index (χ3n) is 5.26. The van der Waals surface area contributed by atoms with Crippen molar-refractivity contribution in [2.24, 2.45) is 0 Å². The van der Waals surface area contributed by atoms with Gasteiger partial charge in [0.05, 0.1) is 6.42 Å². The number of rotatable bonds is 8. The van der Waals surface area contributed by atoms with Crippen LogP contribution in [0, 0.1) is 0 Å². The number of aliphatic carboxylic acids is 1. The maximum absolute atomic E-state index is 13.3. The fourth-order valence-electron chi connectivity index (χ4n) is 3.63. The molecule has 0 aliphatic carbocycles.